The molecule has 1 rings (SSSR count). The van der Waals surface area contributed by atoms with Crippen LogP contribution >= 0.6 is 0 Å². The van der Waals surface area contributed by atoms with Gasteiger partial charge in [0.15, 0.2) is 0 Å². The molecule has 6 heteroatoms. The van der Waals surface area contributed by atoms with Gasteiger partial charge in [0.2, 0.25) is 0 Å². The molecule has 0 radical (unpaired) electrons. The Bertz CT molecular complexity index is 301. The lowest BCUT2D eigenvalue weighted by molar-refractivity contribution is -0.134. The highest BCUT2D eigenvalue weighted by Crippen LogP contribution is 2.23. The lowest BCUT2D eigenvalue weighted by Crippen LogP contribution is -2.42. The zero-order valence-electron chi connectivity index (χ0n) is 9.50. The minimum absolute atomic E-state index is 0.296. The number of alkyl halides is 1. The van der Waals surface area contributed by atoms with Crippen molar-refractivity contribution < 1.29 is 23.1 Å². The maximum atomic E-state index is 13.0. The second-order valence-corrected chi connectivity index (χ2v) is 4.79. The van der Waals surface area contributed by atoms with E-state index in [0.29, 0.717) is 0 Å². The van der Waals surface area contributed by atoms with Crippen molar-refractivity contribution in [2.45, 2.75) is 45.0 Å². The van der Waals surface area contributed by atoms with Crippen LogP contribution in [0.1, 0.15) is 27.2 Å². The van der Waals surface area contributed by atoms with E-state index in [-0.39, 0.29) is 13.0 Å². The summed E-state index contributed by atoms with van der Waals surface area (Å²) < 4.78 is 30.5. The third-order valence-corrected chi connectivity index (χ3v) is 2.14. The first-order valence-electron chi connectivity index (χ1n) is 5.04. The fourth-order valence-corrected chi connectivity index (χ4v) is 1.52. The van der Waals surface area contributed by atoms with E-state index in [1.807, 2.05) is 0 Å². The van der Waals surface area contributed by atoms with Gasteiger partial charge < -0.3 is 4.74 Å². The van der Waals surface area contributed by atoms with E-state index in [1.54, 1.807) is 20.8 Å². The van der Waals surface area contributed by atoms with Crippen molar-refractivity contribution in [1.82, 2.24) is 4.90 Å². The summed E-state index contributed by atoms with van der Waals surface area (Å²) in [5.74, 6) is 0. The fourth-order valence-electron chi connectivity index (χ4n) is 1.52. The number of halogens is 2. The number of amides is 1. The Labute approximate surface area is 92.5 Å². The summed E-state index contributed by atoms with van der Waals surface area (Å²) in [6, 6.07) is -3.05. The van der Waals surface area contributed by atoms with Crippen LogP contribution in [0.25, 0.3) is 0 Å². The molecule has 92 valence electrons. The van der Waals surface area contributed by atoms with Crippen LogP contribution in [0.4, 0.5) is 13.6 Å². The largest absolute Gasteiger partial charge is 0.444 e. The first-order chi connectivity index (χ1) is 7.20. The minimum atomic E-state index is -1.70. The van der Waals surface area contributed by atoms with Crippen molar-refractivity contribution in [1.29, 1.82) is 0 Å². The van der Waals surface area contributed by atoms with Gasteiger partial charge in [-0.3, -0.25) is 9.69 Å². The molecule has 1 amide bonds. The highest BCUT2D eigenvalue weighted by atomic mass is 19.1. The highest BCUT2D eigenvalue weighted by molar-refractivity contribution is 5.81. The molecule has 0 N–H and O–H groups in total. The molecule has 2 atom stereocenters. The molecule has 1 aliphatic heterocycles. The number of rotatable bonds is 1. The molecule has 1 fully saturated rings. The summed E-state index contributed by atoms with van der Waals surface area (Å²) in [5.41, 5.74) is -0.755. The van der Waals surface area contributed by atoms with Gasteiger partial charge >= 0.3 is 12.1 Å². The maximum Gasteiger partial charge on any atom is 0.411 e. The van der Waals surface area contributed by atoms with Crippen LogP contribution in [-0.2, 0) is 9.53 Å². The molecule has 1 saturated heterocycles. The Balaban J connectivity index is 2.71. The van der Waals surface area contributed by atoms with Gasteiger partial charge in [-0.2, -0.15) is 4.39 Å². The van der Waals surface area contributed by atoms with E-state index < -0.39 is 29.9 Å². The van der Waals surface area contributed by atoms with Gasteiger partial charge in [0, 0.05) is 6.42 Å². The van der Waals surface area contributed by atoms with Crippen molar-refractivity contribution in [3.05, 3.63) is 0 Å². The van der Waals surface area contributed by atoms with Crippen molar-refractivity contribution in [2.24, 2.45) is 0 Å². The van der Waals surface area contributed by atoms with Crippen LogP contribution in [0.2, 0.25) is 0 Å². The van der Waals surface area contributed by atoms with E-state index in [1.165, 1.54) is 0 Å². The van der Waals surface area contributed by atoms with Crippen LogP contribution in [0.5, 0.6) is 0 Å². The summed E-state index contributed by atoms with van der Waals surface area (Å²) in [5, 5.41) is 0. The Hall–Kier alpha value is -1.20. The molecule has 4 nitrogen and oxygen atoms in total. The highest BCUT2D eigenvalue weighted by Gasteiger charge is 2.41. The first kappa shape index (κ1) is 12.9. The van der Waals surface area contributed by atoms with Gasteiger partial charge in [-0.25, -0.2) is 9.18 Å². The van der Waals surface area contributed by atoms with E-state index >= 15 is 0 Å². The monoisotopic (exact) mass is 235 g/mol. The lowest BCUT2D eigenvalue weighted by atomic mass is 10.2. The van der Waals surface area contributed by atoms with Crippen LogP contribution in [-0.4, -0.2) is 41.4 Å². The third kappa shape index (κ3) is 3.15. The molecular formula is C10H15F2NO3. The Kier molecular flexibility index (Phi) is 3.50. The molecule has 0 aromatic carbocycles. The second-order valence-electron chi connectivity index (χ2n) is 4.79. The van der Waals surface area contributed by atoms with E-state index in [2.05, 4.69) is 0 Å². The molecule has 0 aromatic heterocycles. The van der Waals surface area contributed by atoms with Crippen molar-refractivity contribution in [3.63, 3.8) is 0 Å². The Morgan fingerprint density at radius 3 is 2.38 bits per heavy atom. The summed E-state index contributed by atoms with van der Waals surface area (Å²) in [4.78, 5) is 22.9. The number of carbonyl (C=O) groups is 2. The number of nitrogens with zero attached hydrogens (tertiary/aromatic N) is 1. The van der Waals surface area contributed by atoms with E-state index in [0.717, 1.165) is 4.90 Å². The summed E-state index contributed by atoms with van der Waals surface area (Å²) >= 11 is 0. The normalized spacial score (nSPS) is 25.7. The molecule has 0 aliphatic carbocycles. The number of hydrogen-bond acceptors (Lipinski definition) is 3. The molecule has 0 spiro atoms. The van der Waals surface area contributed by atoms with E-state index in [4.69, 9.17) is 4.74 Å². The van der Waals surface area contributed by atoms with Gasteiger partial charge in [-0.15, -0.1) is 0 Å². The van der Waals surface area contributed by atoms with Crippen molar-refractivity contribution >= 4 is 12.1 Å². The van der Waals surface area contributed by atoms with Gasteiger partial charge in [-0.05, 0) is 20.8 Å². The minimum Gasteiger partial charge on any atom is -0.444 e. The Morgan fingerprint density at radius 1 is 1.38 bits per heavy atom. The second kappa shape index (κ2) is 4.35. The summed E-state index contributed by atoms with van der Waals surface area (Å²) in [7, 11) is 0. The van der Waals surface area contributed by atoms with Crippen LogP contribution in [0.3, 0.4) is 0 Å². The predicted molar refractivity (Wildman–Crippen MR) is 52.4 cm³/mol. The quantitative estimate of drug-likeness (QED) is 0.651. The third-order valence-electron chi connectivity index (χ3n) is 2.14. The van der Waals surface area contributed by atoms with Crippen LogP contribution < -0.4 is 0 Å². The number of likely N-dealkylation sites (tertiary alicyclic amines) is 1. The number of carbonyl (C=O) groups excluding carboxylic acids is 2. The van der Waals surface area contributed by atoms with Gasteiger partial charge in [0.05, 0.1) is 6.54 Å². The smallest absolute Gasteiger partial charge is 0.411 e. The average Bonchev–Trinajstić information content (AvgIpc) is 2.44. The number of ether oxygens (including phenoxy) is 1. The topological polar surface area (TPSA) is 46.6 Å². The summed E-state index contributed by atoms with van der Waals surface area (Å²) in [6.07, 6.45) is -2.53. The predicted octanol–water partition coefficient (Wildman–Crippen LogP) is 1.83. The zero-order valence-corrected chi connectivity index (χ0v) is 9.50. The standard InChI is InChI=1S/C10H15F2NO3/c1-10(2,3)16-9(15)13-5-6(11)4-7(13)8(12)14/h6-7H,4-5H2,1-3H3/t6-,7-/m1/s1. The molecular weight excluding hydrogens is 220 g/mol. The van der Waals surface area contributed by atoms with E-state index in [9.17, 15) is 18.4 Å². The molecule has 0 aromatic rings. The first-order valence-corrected chi connectivity index (χ1v) is 5.04. The average molecular weight is 235 g/mol. The maximum absolute atomic E-state index is 13.0. The van der Waals surface area contributed by atoms with Crippen LogP contribution in [0.15, 0.2) is 0 Å². The SMILES string of the molecule is CC(C)(C)OC(=O)N1C[C@H](F)C[C@@H]1C(=O)F. The zero-order chi connectivity index (χ0) is 12.5. The molecule has 1 aliphatic rings. The number of hydrogen-bond donors (Lipinski definition) is 0. The molecule has 16 heavy (non-hydrogen) atoms. The molecule has 0 bridgehead atoms. The van der Waals surface area contributed by atoms with Crippen LogP contribution in [0, 0.1) is 0 Å². The van der Waals surface area contributed by atoms with Gasteiger partial charge in [0.25, 0.3) is 0 Å². The fraction of sp³-hybridized carbons (Fsp3) is 0.800. The molecule has 1 heterocycles. The Morgan fingerprint density at radius 2 is 1.94 bits per heavy atom. The lowest BCUT2D eigenvalue weighted by Gasteiger charge is -2.26. The van der Waals surface area contributed by atoms with Gasteiger partial charge in [0.1, 0.15) is 17.8 Å². The molecule has 0 saturated carbocycles. The summed E-state index contributed by atoms with van der Waals surface area (Å²) in [6.45, 7) is 4.62. The van der Waals surface area contributed by atoms with Crippen molar-refractivity contribution in [3.8, 4) is 0 Å². The molecule has 0 unspecified atom stereocenters. The van der Waals surface area contributed by atoms with Crippen molar-refractivity contribution in [2.75, 3.05) is 6.54 Å². The van der Waals surface area contributed by atoms with Gasteiger partial charge in [-0.1, -0.05) is 0 Å².